The van der Waals surface area contributed by atoms with Gasteiger partial charge in [-0.05, 0) is 0 Å². The zero-order valence-corrected chi connectivity index (χ0v) is 19.1. The summed E-state index contributed by atoms with van der Waals surface area (Å²) in [5.74, 6) is -1.96. The Morgan fingerprint density at radius 1 is 1.00 bits per heavy atom. The van der Waals surface area contributed by atoms with Crippen LogP contribution in [0.2, 0.25) is 0 Å². The monoisotopic (exact) mass is 486 g/mol. The van der Waals surface area contributed by atoms with Gasteiger partial charge in [0.2, 0.25) is 0 Å². The Morgan fingerprint density at radius 3 is 2.47 bits per heavy atom. The molecule has 0 saturated carbocycles. The Balaban J connectivity index is 1.40. The molecule has 1 aliphatic heterocycles. The van der Waals surface area contributed by atoms with Gasteiger partial charge in [0.05, 0.1) is 0 Å². The summed E-state index contributed by atoms with van der Waals surface area (Å²) in [6.07, 6.45) is 1.87. The van der Waals surface area contributed by atoms with Gasteiger partial charge in [0.25, 0.3) is 0 Å². The molecule has 1 fully saturated rings. The molecule has 1 saturated heterocycles. The second kappa shape index (κ2) is 8.81. The minimum atomic E-state index is -3.19. The standard InChI is InChI=1S/C24H22F3N4O2P/c25-16-13-20(27)23(28-14-16)31-7-9-34(33,10-8-31)22-12-15(5-6-19(22)26)11-21-17-3-1-2-4-18(17)24(32)30-29-21/h1-6,12-14,33-34H,7-11H2,(H,30,32). The molecule has 6 nitrogen and oxygen atoms in total. The summed E-state index contributed by atoms with van der Waals surface area (Å²) < 4.78 is 42.2. The van der Waals surface area contributed by atoms with Crippen LogP contribution in [-0.2, 0) is 6.42 Å². The van der Waals surface area contributed by atoms with Gasteiger partial charge in [0.15, 0.2) is 0 Å². The van der Waals surface area contributed by atoms with Crippen molar-refractivity contribution in [2.45, 2.75) is 6.42 Å². The third-order valence-electron chi connectivity index (χ3n) is 6.36. The number of nitrogens with one attached hydrogen (secondary N) is 1. The predicted octanol–water partition coefficient (Wildman–Crippen LogP) is 3.13. The van der Waals surface area contributed by atoms with Crippen LogP contribution >= 0.6 is 7.49 Å². The molecule has 0 radical (unpaired) electrons. The van der Waals surface area contributed by atoms with Crippen molar-refractivity contribution in [1.29, 1.82) is 0 Å². The number of hydrogen-bond donors (Lipinski definition) is 2. The van der Waals surface area contributed by atoms with E-state index < -0.39 is 24.9 Å². The third-order valence-corrected chi connectivity index (χ3v) is 9.84. The second-order valence-corrected chi connectivity index (χ2v) is 12.1. The molecule has 2 N–H and O–H groups in total. The molecule has 2 aromatic heterocycles. The maximum absolute atomic E-state index is 14.9. The fourth-order valence-corrected chi connectivity index (χ4v) is 7.59. The number of anilines is 1. The van der Waals surface area contributed by atoms with Crippen molar-refractivity contribution in [3.63, 3.8) is 0 Å². The van der Waals surface area contributed by atoms with E-state index in [1.54, 1.807) is 29.2 Å². The number of pyridine rings is 1. The summed E-state index contributed by atoms with van der Waals surface area (Å²) in [5, 5.41) is 8.23. The Hall–Kier alpha value is -3.29. The maximum atomic E-state index is 14.9. The van der Waals surface area contributed by atoms with Crippen LogP contribution < -0.4 is 15.8 Å². The van der Waals surface area contributed by atoms with Gasteiger partial charge in [0, 0.05) is 0 Å². The van der Waals surface area contributed by atoms with Gasteiger partial charge in [-0.1, -0.05) is 0 Å². The van der Waals surface area contributed by atoms with E-state index in [1.807, 2.05) is 12.1 Å². The fraction of sp³-hybridized carbons (Fsp3) is 0.208. The summed E-state index contributed by atoms with van der Waals surface area (Å²) in [4.78, 5) is 29.0. The number of hydrogen-bond acceptors (Lipinski definition) is 5. The molecule has 0 unspecified atom stereocenters. The topological polar surface area (TPSA) is 82.1 Å². The quantitative estimate of drug-likeness (QED) is 0.434. The van der Waals surface area contributed by atoms with E-state index in [0.717, 1.165) is 23.2 Å². The third kappa shape index (κ3) is 4.17. The molecule has 10 heteroatoms. The van der Waals surface area contributed by atoms with Crippen molar-refractivity contribution in [2.75, 3.05) is 30.3 Å². The Labute approximate surface area is 193 Å². The predicted molar refractivity (Wildman–Crippen MR) is 128 cm³/mol. The summed E-state index contributed by atoms with van der Waals surface area (Å²) >= 11 is 0. The molecule has 0 atom stereocenters. The molecule has 176 valence electrons. The van der Waals surface area contributed by atoms with Crippen LogP contribution in [0.3, 0.4) is 0 Å². The Morgan fingerprint density at radius 2 is 1.74 bits per heavy atom. The van der Waals surface area contributed by atoms with Gasteiger partial charge < -0.3 is 0 Å². The first-order chi connectivity index (χ1) is 16.3. The van der Waals surface area contributed by atoms with E-state index in [2.05, 4.69) is 15.2 Å². The van der Waals surface area contributed by atoms with Crippen LogP contribution in [0, 0.1) is 17.5 Å². The van der Waals surface area contributed by atoms with E-state index in [1.165, 1.54) is 6.07 Å². The summed E-state index contributed by atoms with van der Waals surface area (Å²) in [5.41, 5.74) is 1.13. The number of H-pyrrole nitrogens is 1. The van der Waals surface area contributed by atoms with Gasteiger partial charge in [-0.25, -0.2) is 0 Å². The Bertz CT molecular complexity index is 1440. The number of aromatic amines is 1. The first-order valence-electron chi connectivity index (χ1n) is 10.9. The molecule has 5 rings (SSSR count). The van der Waals surface area contributed by atoms with Gasteiger partial charge in [-0.3, -0.25) is 0 Å². The number of halogens is 3. The summed E-state index contributed by atoms with van der Waals surface area (Å²) in [6, 6.07) is 12.6. The van der Waals surface area contributed by atoms with Crippen LogP contribution in [-0.4, -0.2) is 45.5 Å². The van der Waals surface area contributed by atoms with Crippen LogP contribution in [0.1, 0.15) is 11.3 Å². The van der Waals surface area contributed by atoms with Crippen molar-refractivity contribution in [3.05, 3.63) is 93.8 Å². The molecule has 0 bridgehead atoms. The second-order valence-electron chi connectivity index (χ2n) is 8.51. The molecule has 0 spiro atoms. The van der Waals surface area contributed by atoms with Gasteiger partial charge in [0.1, 0.15) is 0 Å². The number of nitrogens with zero attached hydrogens (tertiary/aromatic N) is 3. The van der Waals surface area contributed by atoms with Crippen LogP contribution in [0.4, 0.5) is 19.0 Å². The zero-order chi connectivity index (χ0) is 23.9. The first kappa shape index (κ1) is 22.5. The average molecular weight is 486 g/mol. The minimum absolute atomic E-state index is 0.0303. The number of fused-ring (bicyclic) bond motifs is 1. The van der Waals surface area contributed by atoms with E-state index in [0.29, 0.717) is 22.8 Å². The van der Waals surface area contributed by atoms with Crippen LogP contribution in [0.25, 0.3) is 10.8 Å². The summed E-state index contributed by atoms with van der Waals surface area (Å²) in [6.45, 7) is 0.572. The van der Waals surface area contributed by atoms with Crippen molar-refractivity contribution in [3.8, 4) is 0 Å². The molecule has 3 heterocycles. The van der Waals surface area contributed by atoms with Gasteiger partial charge >= 0.3 is 193 Å². The average Bonchev–Trinajstić information content (AvgIpc) is 2.83. The van der Waals surface area contributed by atoms with Gasteiger partial charge in [-0.2, -0.15) is 0 Å². The molecular formula is C24H22F3N4O2P. The zero-order valence-electron chi connectivity index (χ0n) is 18.1. The molecular weight excluding hydrogens is 464 g/mol. The van der Waals surface area contributed by atoms with Crippen molar-refractivity contribution < 1.29 is 18.1 Å². The molecule has 1 aliphatic rings. The van der Waals surface area contributed by atoms with E-state index in [4.69, 9.17) is 0 Å². The molecule has 4 aromatic rings. The SMILES string of the molecule is O=c1[nH]nc(Cc2ccc(F)c([PH]3(O)CCN(c4ncc(F)cc4F)CC3)c2)c2ccccc12. The van der Waals surface area contributed by atoms with Gasteiger partial charge in [-0.15, -0.1) is 0 Å². The summed E-state index contributed by atoms with van der Waals surface area (Å²) in [7, 11) is -3.19. The van der Waals surface area contributed by atoms with Crippen molar-refractivity contribution in [2.24, 2.45) is 0 Å². The van der Waals surface area contributed by atoms with E-state index in [9.17, 15) is 22.9 Å². The Kier molecular flexibility index (Phi) is 5.83. The number of aromatic nitrogens is 3. The molecule has 0 amide bonds. The van der Waals surface area contributed by atoms with E-state index >= 15 is 0 Å². The molecule has 34 heavy (non-hydrogen) atoms. The first-order valence-corrected chi connectivity index (χ1v) is 13.2. The van der Waals surface area contributed by atoms with Crippen LogP contribution in [0.15, 0.2) is 59.5 Å². The van der Waals surface area contributed by atoms with Crippen LogP contribution in [0.5, 0.6) is 0 Å². The van der Waals surface area contributed by atoms with Crippen molar-refractivity contribution in [1.82, 2.24) is 15.2 Å². The number of rotatable bonds is 4. The fourth-order valence-electron chi connectivity index (χ4n) is 4.54. The number of benzene rings is 2. The van der Waals surface area contributed by atoms with E-state index in [-0.39, 0.29) is 36.8 Å². The van der Waals surface area contributed by atoms with Crippen molar-refractivity contribution >= 4 is 29.4 Å². The molecule has 2 aromatic carbocycles. The normalized spacial score (nSPS) is 16.5. The molecule has 0 aliphatic carbocycles.